The van der Waals surface area contributed by atoms with Crippen LogP contribution in [0.2, 0.25) is 0 Å². The van der Waals surface area contributed by atoms with Gasteiger partial charge in [-0.25, -0.2) is 4.98 Å². The Balaban J connectivity index is 0.00000242. The van der Waals surface area contributed by atoms with Crippen molar-refractivity contribution in [1.29, 1.82) is 0 Å². The second-order valence-electron chi connectivity index (χ2n) is 4.15. The zero-order valence-electron chi connectivity index (χ0n) is 12.7. The van der Waals surface area contributed by atoms with Gasteiger partial charge in [-0.2, -0.15) is 0 Å². The summed E-state index contributed by atoms with van der Waals surface area (Å²) in [6, 6.07) is 10.1. The van der Waals surface area contributed by atoms with Crippen molar-refractivity contribution < 1.29 is 75.5 Å². The number of carboxylic acids is 1. The van der Waals surface area contributed by atoms with Crippen LogP contribution in [0.1, 0.15) is 16.1 Å². The Bertz CT molecular complexity index is 630. The summed E-state index contributed by atoms with van der Waals surface area (Å²) in [4.78, 5) is 14.7. The van der Waals surface area contributed by atoms with Crippen LogP contribution in [0.15, 0.2) is 36.4 Å². The van der Waals surface area contributed by atoms with E-state index in [0.29, 0.717) is 5.75 Å². The molecule has 0 N–H and O–H groups in total. The predicted octanol–water partition coefficient (Wildman–Crippen LogP) is -1.95. The van der Waals surface area contributed by atoms with Gasteiger partial charge in [-0.05, 0) is 17.7 Å². The zero-order valence-corrected chi connectivity index (χ0v) is 15.8. The second-order valence-corrected chi connectivity index (χ2v) is 4.15. The maximum absolute atomic E-state index is 10.9. The Labute approximate surface area is 170 Å². The monoisotopic (exact) mass is 327 g/mol. The summed E-state index contributed by atoms with van der Waals surface area (Å²) < 4.78 is 15.5. The van der Waals surface area contributed by atoms with Crippen LogP contribution in [0, 0.1) is 0 Å². The SMILES string of the molecule is COc1ccc(COc2cc(OC)cc(C(=O)[O-])n2)cc1.[K+]. The van der Waals surface area contributed by atoms with Crippen molar-refractivity contribution in [2.45, 2.75) is 6.61 Å². The van der Waals surface area contributed by atoms with E-state index in [4.69, 9.17) is 14.2 Å². The molecule has 0 spiro atoms. The molecule has 0 aliphatic carbocycles. The van der Waals surface area contributed by atoms with Gasteiger partial charge in [0.15, 0.2) is 0 Å². The fraction of sp³-hybridized carbons (Fsp3) is 0.200. The van der Waals surface area contributed by atoms with E-state index in [0.717, 1.165) is 11.3 Å². The number of nitrogens with zero attached hydrogens (tertiary/aromatic N) is 1. The fourth-order valence-corrected chi connectivity index (χ4v) is 1.66. The Kier molecular flexibility index (Phi) is 7.84. The third kappa shape index (κ3) is 5.26. The third-order valence-corrected chi connectivity index (χ3v) is 2.77. The van der Waals surface area contributed by atoms with Crippen molar-refractivity contribution >= 4 is 5.97 Å². The van der Waals surface area contributed by atoms with Gasteiger partial charge in [0, 0.05) is 12.1 Å². The molecule has 2 aromatic rings. The smallest absolute Gasteiger partial charge is 0.543 e. The number of pyridine rings is 1. The van der Waals surface area contributed by atoms with Crippen LogP contribution in [0.3, 0.4) is 0 Å². The average molecular weight is 327 g/mol. The molecule has 2 rings (SSSR count). The van der Waals surface area contributed by atoms with Gasteiger partial charge in [0.05, 0.1) is 25.9 Å². The second kappa shape index (κ2) is 9.11. The number of hydrogen-bond donors (Lipinski definition) is 0. The summed E-state index contributed by atoms with van der Waals surface area (Å²) in [6.45, 7) is 0.247. The first kappa shape index (κ1) is 18.9. The standard InChI is InChI=1S/C15H15NO5.K/c1-19-11-5-3-10(4-6-11)9-21-14-8-12(20-2)7-13(16-14)15(17)18;/h3-8H,9H2,1-2H3,(H,17,18);/q;+1/p-1. The maximum atomic E-state index is 10.9. The number of benzene rings is 1. The maximum Gasteiger partial charge on any atom is 1.00 e. The summed E-state index contributed by atoms with van der Waals surface area (Å²) in [5, 5.41) is 10.9. The topological polar surface area (TPSA) is 80.7 Å². The van der Waals surface area contributed by atoms with Crippen LogP contribution in [-0.2, 0) is 6.61 Å². The van der Waals surface area contributed by atoms with Crippen molar-refractivity contribution in [1.82, 2.24) is 4.98 Å². The quantitative estimate of drug-likeness (QED) is 0.574. The molecule has 0 aliphatic rings. The Hall–Kier alpha value is -1.12. The fourth-order valence-electron chi connectivity index (χ4n) is 1.66. The van der Waals surface area contributed by atoms with E-state index in [1.165, 1.54) is 19.2 Å². The van der Waals surface area contributed by atoms with Crippen LogP contribution in [0.25, 0.3) is 0 Å². The van der Waals surface area contributed by atoms with E-state index in [1.807, 2.05) is 24.3 Å². The van der Waals surface area contributed by atoms with E-state index >= 15 is 0 Å². The van der Waals surface area contributed by atoms with Gasteiger partial charge in [-0.1, -0.05) is 12.1 Å². The first-order valence-electron chi connectivity index (χ1n) is 6.15. The van der Waals surface area contributed by atoms with Gasteiger partial charge in [-0.15, -0.1) is 0 Å². The van der Waals surface area contributed by atoms with E-state index in [1.54, 1.807) is 7.11 Å². The third-order valence-electron chi connectivity index (χ3n) is 2.77. The number of aromatic nitrogens is 1. The van der Waals surface area contributed by atoms with Crippen molar-refractivity contribution in [3.8, 4) is 17.4 Å². The Morgan fingerprint density at radius 1 is 1.09 bits per heavy atom. The molecule has 7 heteroatoms. The Morgan fingerprint density at radius 2 is 1.73 bits per heavy atom. The molecule has 0 saturated carbocycles. The first-order valence-corrected chi connectivity index (χ1v) is 6.15. The van der Waals surface area contributed by atoms with Crippen molar-refractivity contribution in [3.63, 3.8) is 0 Å². The minimum Gasteiger partial charge on any atom is -0.543 e. The van der Waals surface area contributed by atoms with Crippen LogP contribution in [0.5, 0.6) is 17.4 Å². The molecular formula is C15H14KNO5. The molecule has 1 heterocycles. The molecule has 0 atom stereocenters. The van der Waals surface area contributed by atoms with Gasteiger partial charge >= 0.3 is 51.4 Å². The zero-order chi connectivity index (χ0) is 15.2. The molecule has 22 heavy (non-hydrogen) atoms. The van der Waals surface area contributed by atoms with Crippen LogP contribution in [-0.4, -0.2) is 25.2 Å². The van der Waals surface area contributed by atoms with E-state index in [9.17, 15) is 9.90 Å². The van der Waals surface area contributed by atoms with Crippen LogP contribution >= 0.6 is 0 Å². The molecule has 0 fully saturated rings. The number of methoxy groups -OCH3 is 2. The van der Waals surface area contributed by atoms with Gasteiger partial charge in [0.1, 0.15) is 18.1 Å². The van der Waals surface area contributed by atoms with Gasteiger partial charge in [0.2, 0.25) is 5.88 Å². The van der Waals surface area contributed by atoms with Gasteiger partial charge in [0.25, 0.3) is 0 Å². The number of carboxylic acid groups (broad SMARTS) is 1. The normalized spacial score (nSPS) is 9.55. The molecule has 1 aromatic carbocycles. The van der Waals surface area contributed by atoms with Crippen LogP contribution in [0.4, 0.5) is 0 Å². The number of aromatic carboxylic acids is 1. The van der Waals surface area contributed by atoms with Crippen molar-refractivity contribution in [2.75, 3.05) is 14.2 Å². The molecule has 0 aliphatic heterocycles. The van der Waals surface area contributed by atoms with Crippen molar-refractivity contribution in [3.05, 3.63) is 47.7 Å². The van der Waals surface area contributed by atoms with Crippen LogP contribution < -0.4 is 70.7 Å². The van der Waals surface area contributed by atoms with E-state index < -0.39 is 5.97 Å². The summed E-state index contributed by atoms with van der Waals surface area (Å²) in [5.41, 5.74) is 0.662. The largest absolute Gasteiger partial charge is 1.00 e. The molecular weight excluding hydrogens is 313 g/mol. The number of ether oxygens (including phenoxy) is 3. The Morgan fingerprint density at radius 3 is 2.27 bits per heavy atom. The average Bonchev–Trinajstić information content (AvgIpc) is 2.53. The number of hydrogen-bond acceptors (Lipinski definition) is 6. The molecule has 0 amide bonds. The minimum atomic E-state index is -1.39. The number of carbonyl (C=O) groups is 1. The first-order chi connectivity index (χ1) is 10.1. The van der Waals surface area contributed by atoms with Gasteiger partial charge in [-0.3, -0.25) is 0 Å². The number of carbonyl (C=O) groups excluding carboxylic acids is 1. The minimum absolute atomic E-state index is 0. The van der Waals surface area contributed by atoms with Crippen molar-refractivity contribution in [2.24, 2.45) is 0 Å². The summed E-state index contributed by atoms with van der Waals surface area (Å²) in [7, 11) is 3.02. The summed E-state index contributed by atoms with van der Waals surface area (Å²) in [5.74, 6) is -0.140. The molecule has 0 unspecified atom stereocenters. The summed E-state index contributed by atoms with van der Waals surface area (Å²) in [6.07, 6.45) is 0. The summed E-state index contributed by atoms with van der Waals surface area (Å²) >= 11 is 0. The van der Waals surface area contributed by atoms with E-state index in [-0.39, 0.29) is 69.6 Å². The molecule has 0 radical (unpaired) electrons. The molecule has 6 nitrogen and oxygen atoms in total. The molecule has 1 aromatic heterocycles. The number of rotatable bonds is 6. The predicted molar refractivity (Wildman–Crippen MR) is 72.4 cm³/mol. The molecule has 0 bridgehead atoms. The van der Waals surface area contributed by atoms with Gasteiger partial charge < -0.3 is 24.1 Å². The van der Waals surface area contributed by atoms with E-state index in [2.05, 4.69) is 4.98 Å². The molecule has 0 saturated heterocycles. The molecule has 110 valence electrons.